The maximum atomic E-state index is 9.71. The van der Waals surface area contributed by atoms with Crippen molar-refractivity contribution in [2.45, 2.75) is 25.2 Å². The number of anilines is 1. The lowest BCUT2D eigenvalue weighted by molar-refractivity contribution is -0.0715. The number of ether oxygens (including phenoxy) is 1. The average Bonchev–Trinajstić information content (AvgIpc) is 3.00. The van der Waals surface area contributed by atoms with Gasteiger partial charge in [-0.2, -0.15) is 4.98 Å². The third-order valence-corrected chi connectivity index (χ3v) is 4.09. The number of aliphatic hydroxyl groups excluding tert-OH is 1. The van der Waals surface area contributed by atoms with Gasteiger partial charge in [-0.05, 0) is 24.1 Å². The largest absolute Gasteiger partial charge is 0.392 e. The van der Waals surface area contributed by atoms with E-state index in [1.165, 1.54) is 0 Å². The zero-order chi connectivity index (χ0) is 16.1. The second-order valence-corrected chi connectivity index (χ2v) is 5.45. The molecule has 1 aliphatic heterocycles. The molecule has 4 atom stereocenters. The first-order valence-electron chi connectivity index (χ1n) is 7.02. The molecule has 3 heterocycles. The molecule has 0 aromatic carbocycles. The second-order valence-electron chi connectivity index (χ2n) is 5.11. The zero-order valence-corrected chi connectivity index (χ0v) is 12.1. The molecule has 0 spiro atoms. The fraction of sp³-hybridized carbons (Fsp3) is 0.429. The molecule has 2 aromatic heterocycles. The maximum absolute atomic E-state index is 9.71. The van der Waals surface area contributed by atoms with Crippen molar-refractivity contribution < 1.29 is 11.2 Å². The number of nitrogens with zero attached hydrogens (tertiary/aromatic N) is 3. The van der Waals surface area contributed by atoms with Crippen molar-refractivity contribution in [1.29, 1.82) is 0 Å². The quantitative estimate of drug-likeness (QED) is 0.650. The highest BCUT2D eigenvalue weighted by Crippen LogP contribution is 2.42. The minimum absolute atomic E-state index is 0.0414. The van der Waals surface area contributed by atoms with Crippen molar-refractivity contribution in [2.75, 3.05) is 12.3 Å². The fourth-order valence-corrected chi connectivity index (χ4v) is 2.84. The van der Waals surface area contributed by atoms with E-state index >= 15 is 0 Å². The third-order valence-electron chi connectivity index (χ3n) is 3.92. The van der Waals surface area contributed by atoms with Crippen molar-refractivity contribution in [3.63, 3.8) is 0 Å². The van der Waals surface area contributed by atoms with Crippen molar-refractivity contribution in [3.05, 3.63) is 17.5 Å². The van der Waals surface area contributed by atoms with Gasteiger partial charge in [0.2, 0.25) is 5.28 Å². The summed E-state index contributed by atoms with van der Waals surface area (Å²) < 4.78 is 15.2. The van der Waals surface area contributed by atoms with E-state index in [2.05, 4.69) is 15.9 Å². The standard InChI is InChI=1S/C14H15ClN4O2/c1-3-14(7-20)8(2)6-10(21-14)19-5-4-9-11(16)17-13(15)18-12(9)19/h1,4-5,8,10,20H,6-7H2,2H3,(H2,16,17,18)/t8-,10+,14+/m0/s1/i7D/t7?,8-,10+,14+. The highest BCUT2D eigenvalue weighted by Gasteiger charge is 2.45. The highest BCUT2D eigenvalue weighted by molar-refractivity contribution is 6.28. The predicted molar refractivity (Wildman–Crippen MR) is 79.5 cm³/mol. The van der Waals surface area contributed by atoms with Gasteiger partial charge in [0.25, 0.3) is 0 Å². The Bertz CT molecular complexity index is 772. The van der Waals surface area contributed by atoms with Gasteiger partial charge < -0.3 is 20.1 Å². The molecule has 6 nitrogen and oxygen atoms in total. The lowest BCUT2D eigenvalue weighted by Gasteiger charge is -2.25. The van der Waals surface area contributed by atoms with E-state index in [9.17, 15) is 5.11 Å². The van der Waals surface area contributed by atoms with Gasteiger partial charge in [-0.3, -0.25) is 0 Å². The molecule has 3 rings (SSSR count). The molecule has 21 heavy (non-hydrogen) atoms. The van der Waals surface area contributed by atoms with E-state index < -0.39 is 18.4 Å². The minimum Gasteiger partial charge on any atom is -0.392 e. The number of rotatable bonds is 2. The smallest absolute Gasteiger partial charge is 0.226 e. The number of nitrogen functional groups attached to an aromatic ring is 1. The Hall–Kier alpha value is -1.81. The van der Waals surface area contributed by atoms with Gasteiger partial charge in [0, 0.05) is 12.1 Å². The summed E-state index contributed by atoms with van der Waals surface area (Å²) in [6.45, 7) is 0.321. The van der Waals surface area contributed by atoms with Gasteiger partial charge in [-0.1, -0.05) is 12.8 Å². The summed E-state index contributed by atoms with van der Waals surface area (Å²) in [7, 11) is 0. The van der Waals surface area contributed by atoms with Crippen LogP contribution < -0.4 is 5.73 Å². The summed E-state index contributed by atoms with van der Waals surface area (Å²) in [6, 6.07) is 1.77. The Morgan fingerprint density at radius 1 is 1.76 bits per heavy atom. The number of halogens is 1. The Balaban J connectivity index is 2.06. The third kappa shape index (κ3) is 2.05. The summed E-state index contributed by atoms with van der Waals surface area (Å²) in [4.78, 5) is 8.09. The Labute approximate surface area is 128 Å². The monoisotopic (exact) mass is 307 g/mol. The van der Waals surface area contributed by atoms with Crippen molar-refractivity contribution >= 4 is 28.5 Å². The second kappa shape index (κ2) is 4.88. The van der Waals surface area contributed by atoms with Gasteiger partial charge in [0.05, 0.1) is 13.3 Å². The van der Waals surface area contributed by atoms with Crippen LogP contribution in [0.25, 0.3) is 11.0 Å². The maximum Gasteiger partial charge on any atom is 0.226 e. The molecular formula is C14H15ClN4O2. The first-order valence-corrected chi connectivity index (χ1v) is 6.82. The highest BCUT2D eigenvalue weighted by atomic mass is 35.5. The average molecular weight is 308 g/mol. The molecule has 1 aliphatic rings. The van der Waals surface area contributed by atoms with Crippen LogP contribution in [0.15, 0.2) is 12.3 Å². The molecule has 0 saturated carbocycles. The first kappa shape index (κ1) is 12.9. The van der Waals surface area contributed by atoms with Crippen LogP contribution in [-0.4, -0.2) is 31.8 Å². The van der Waals surface area contributed by atoms with Gasteiger partial charge in [0.15, 0.2) is 5.60 Å². The normalized spacial score (nSPS) is 31.0. The molecule has 0 aliphatic carbocycles. The summed E-state index contributed by atoms with van der Waals surface area (Å²) >= 11 is 5.86. The molecule has 7 heteroatoms. The number of hydrogen-bond acceptors (Lipinski definition) is 5. The van der Waals surface area contributed by atoms with Crippen LogP contribution in [0.5, 0.6) is 0 Å². The van der Waals surface area contributed by atoms with Crippen LogP contribution in [0.3, 0.4) is 0 Å². The lowest BCUT2D eigenvalue weighted by atomic mass is 9.90. The molecule has 1 saturated heterocycles. The summed E-state index contributed by atoms with van der Waals surface area (Å²) in [5.41, 5.74) is 5.02. The van der Waals surface area contributed by atoms with Crippen molar-refractivity contribution in [2.24, 2.45) is 5.92 Å². The van der Waals surface area contributed by atoms with E-state index in [0.717, 1.165) is 0 Å². The Kier molecular flexibility index (Phi) is 3.00. The molecule has 110 valence electrons. The first-order chi connectivity index (χ1) is 10.4. The number of nitrogens with two attached hydrogens (primary N) is 1. The summed E-state index contributed by atoms with van der Waals surface area (Å²) in [6.07, 6.45) is 7.33. The molecule has 1 fully saturated rings. The SMILES string of the molecule is [2H]C(O)[C@@]1(C#C)O[C@@H](n2ccc3c(N)nc(Cl)nc32)C[C@@H]1C. The number of aromatic nitrogens is 3. The van der Waals surface area contributed by atoms with Crippen molar-refractivity contribution in [3.8, 4) is 12.3 Å². The number of aliphatic hydroxyl groups is 1. The van der Waals surface area contributed by atoms with Crippen LogP contribution in [0.4, 0.5) is 5.82 Å². The van der Waals surface area contributed by atoms with Crippen LogP contribution in [0.2, 0.25) is 5.28 Å². The van der Waals surface area contributed by atoms with Gasteiger partial charge in [-0.15, -0.1) is 6.42 Å². The van der Waals surface area contributed by atoms with Crippen LogP contribution in [0, 0.1) is 18.3 Å². The Morgan fingerprint density at radius 3 is 3.14 bits per heavy atom. The van der Waals surface area contributed by atoms with Crippen LogP contribution in [0.1, 0.15) is 20.9 Å². The van der Waals surface area contributed by atoms with Gasteiger partial charge in [-0.25, -0.2) is 4.98 Å². The molecule has 0 amide bonds. The Morgan fingerprint density at radius 2 is 2.52 bits per heavy atom. The van der Waals surface area contributed by atoms with E-state index in [4.69, 9.17) is 29.9 Å². The van der Waals surface area contributed by atoms with Crippen LogP contribution in [-0.2, 0) is 4.74 Å². The van der Waals surface area contributed by atoms with Crippen molar-refractivity contribution in [1.82, 2.24) is 14.5 Å². The number of hydrogen-bond donors (Lipinski definition) is 2. The predicted octanol–water partition coefficient (Wildman–Crippen LogP) is 1.59. The van der Waals surface area contributed by atoms with E-state index in [0.29, 0.717) is 17.5 Å². The zero-order valence-electron chi connectivity index (χ0n) is 12.3. The molecule has 0 radical (unpaired) electrons. The molecular weight excluding hydrogens is 292 g/mol. The van der Waals surface area contributed by atoms with Gasteiger partial charge in [0.1, 0.15) is 17.7 Å². The molecule has 0 bridgehead atoms. The van der Waals surface area contributed by atoms with Crippen LogP contribution >= 0.6 is 11.6 Å². The van der Waals surface area contributed by atoms with E-state index in [1.54, 1.807) is 16.8 Å². The number of terminal acetylenes is 1. The minimum atomic E-state index is -1.53. The topological polar surface area (TPSA) is 86.2 Å². The van der Waals surface area contributed by atoms with E-state index in [-0.39, 0.29) is 17.0 Å². The fourth-order valence-electron chi connectivity index (χ4n) is 2.67. The van der Waals surface area contributed by atoms with Gasteiger partial charge >= 0.3 is 0 Å². The molecule has 1 unspecified atom stereocenters. The summed E-state index contributed by atoms with van der Waals surface area (Å²) in [5.74, 6) is 2.52. The lowest BCUT2D eigenvalue weighted by Crippen LogP contribution is -2.36. The summed E-state index contributed by atoms with van der Waals surface area (Å²) in [5, 5.41) is 10.4. The molecule has 3 N–H and O–H groups in total. The molecule has 2 aromatic rings. The van der Waals surface area contributed by atoms with E-state index in [1.807, 2.05) is 6.92 Å². The number of fused-ring (bicyclic) bond motifs is 1.